The summed E-state index contributed by atoms with van der Waals surface area (Å²) in [6, 6.07) is 7.04. The minimum absolute atomic E-state index is 0.199. The van der Waals surface area contributed by atoms with E-state index in [9.17, 15) is 14.4 Å². The first-order valence-corrected chi connectivity index (χ1v) is 11.9. The number of carbonyl (C=O) groups is 3. The van der Waals surface area contributed by atoms with Crippen molar-refractivity contribution in [1.82, 2.24) is 9.88 Å². The van der Waals surface area contributed by atoms with E-state index in [-0.39, 0.29) is 5.92 Å². The van der Waals surface area contributed by atoms with Crippen LogP contribution >= 0.6 is 0 Å². The molecule has 2 atom stereocenters. The number of amides is 2. The molecule has 1 heterocycles. The fourth-order valence-electron chi connectivity index (χ4n) is 3.60. The summed E-state index contributed by atoms with van der Waals surface area (Å²) in [7, 11) is 1.94. The summed E-state index contributed by atoms with van der Waals surface area (Å²) in [6.45, 7) is 14.2. The van der Waals surface area contributed by atoms with Crippen molar-refractivity contribution in [3.8, 4) is 0 Å². The summed E-state index contributed by atoms with van der Waals surface area (Å²) >= 11 is 0. The lowest BCUT2D eigenvalue weighted by Crippen LogP contribution is -2.49. The highest BCUT2D eigenvalue weighted by atomic mass is 16.6. The molecule has 2 amide bonds. The van der Waals surface area contributed by atoms with Crippen molar-refractivity contribution in [3.05, 3.63) is 36.0 Å². The van der Waals surface area contributed by atoms with Gasteiger partial charge in [-0.25, -0.2) is 9.59 Å². The Labute approximate surface area is 208 Å². The zero-order valence-electron chi connectivity index (χ0n) is 22.3. The first kappa shape index (κ1) is 28.1. The van der Waals surface area contributed by atoms with E-state index in [0.29, 0.717) is 6.42 Å². The molecule has 2 rings (SSSR count). The molecule has 0 bridgehead atoms. The Morgan fingerprint density at radius 1 is 1.03 bits per heavy atom. The first-order chi connectivity index (χ1) is 16.1. The van der Waals surface area contributed by atoms with Crippen LogP contribution in [0.2, 0.25) is 0 Å². The Morgan fingerprint density at radius 3 is 2.20 bits per heavy atom. The Morgan fingerprint density at radius 2 is 1.63 bits per heavy atom. The van der Waals surface area contributed by atoms with Crippen LogP contribution in [-0.4, -0.2) is 46.0 Å². The second-order valence-electron chi connectivity index (χ2n) is 11.1. The van der Waals surface area contributed by atoms with Gasteiger partial charge in [0, 0.05) is 30.4 Å². The van der Waals surface area contributed by atoms with Crippen molar-refractivity contribution in [1.29, 1.82) is 0 Å². The van der Waals surface area contributed by atoms with E-state index >= 15 is 0 Å². The second kappa shape index (κ2) is 11.1. The van der Waals surface area contributed by atoms with Gasteiger partial charge in [-0.15, -0.1) is 0 Å². The fourth-order valence-corrected chi connectivity index (χ4v) is 3.60. The van der Waals surface area contributed by atoms with Crippen molar-refractivity contribution in [2.75, 3.05) is 0 Å². The topological polar surface area (TPSA) is 99.0 Å². The van der Waals surface area contributed by atoms with Gasteiger partial charge >= 0.3 is 12.1 Å². The van der Waals surface area contributed by atoms with Crippen molar-refractivity contribution in [2.45, 2.75) is 79.1 Å². The molecule has 0 aliphatic heterocycles. The van der Waals surface area contributed by atoms with Crippen molar-refractivity contribution >= 4 is 35.1 Å². The number of para-hydroxylation sites is 1. The van der Waals surface area contributed by atoms with Crippen LogP contribution in [0.3, 0.4) is 0 Å². The highest BCUT2D eigenvalue weighted by Crippen LogP contribution is 2.23. The number of ether oxygens (including phenoxy) is 2. The molecular weight excluding hydrogens is 446 g/mol. The summed E-state index contributed by atoms with van der Waals surface area (Å²) in [6.07, 6.45) is 2.77. The number of hydrogen-bond acceptors (Lipinski definition) is 5. The molecule has 192 valence electrons. The normalized spacial score (nSPS) is 14.2. The molecule has 0 spiro atoms. The van der Waals surface area contributed by atoms with Gasteiger partial charge in [-0.2, -0.15) is 4.99 Å². The van der Waals surface area contributed by atoms with Gasteiger partial charge in [0.1, 0.15) is 17.2 Å². The first-order valence-electron chi connectivity index (χ1n) is 11.9. The maximum absolute atomic E-state index is 13.4. The van der Waals surface area contributed by atoms with E-state index in [1.807, 2.05) is 55.9 Å². The molecule has 0 saturated heterocycles. The molecule has 1 aromatic carbocycles. The zero-order valence-corrected chi connectivity index (χ0v) is 22.3. The number of aliphatic imine (C=N–C) groups is 1. The van der Waals surface area contributed by atoms with E-state index in [1.54, 1.807) is 41.5 Å². The molecule has 0 radical (unpaired) electrons. The third-order valence-electron chi connectivity index (χ3n) is 5.13. The van der Waals surface area contributed by atoms with Crippen molar-refractivity contribution in [3.63, 3.8) is 0 Å². The summed E-state index contributed by atoms with van der Waals surface area (Å²) < 4.78 is 12.8. The Balaban J connectivity index is 2.35. The molecule has 0 fully saturated rings. The van der Waals surface area contributed by atoms with E-state index in [1.165, 1.54) is 6.21 Å². The molecule has 1 N–H and O–H groups in total. The maximum atomic E-state index is 13.4. The third kappa shape index (κ3) is 8.53. The quantitative estimate of drug-likeness (QED) is 0.448. The van der Waals surface area contributed by atoms with Gasteiger partial charge in [0.15, 0.2) is 0 Å². The van der Waals surface area contributed by atoms with Crippen LogP contribution < -0.4 is 5.32 Å². The van der Waals surface area contributed by atoms with Crippen LogP contribution in [0.25, 0.3) is 10.9 Å². The molecule has 0 saturated carbocycles. The third-order valence-corrected chi connectivity index (χ3v) is 5.13. The molecule has 0 aliphatic rings. The predicted octanol–water partition coefficient (Wildman–Crippen LogP) is 4.83. The number of aromatic nitrogens is 1. The van der Waals surface area contributed by atoms with Gasteiger partial charge in [-0.05, 0) is 65.5 Å². The lowest BCUT2D eigenvalue weighted by Gasteiger charge is -2.27. The SMILES string of the molecule is CC(C)[C@H](NC(=O)C(C=NC(=O)OC(C)(C)C)Cc1cn(C)c2ccccc12)C(=O)OC(C)(C)C. The number of hydrogen-bond donors (Lipinski definition) is 1. The molecule has 35 heavy (non-hydrogen) atoms. The molecule has 8 heteroatoms. The number of rotatable bonds is 7. The Hall–Kier alpha value is -3.16. The number of esters is 1. The number of nitrogens with zero attached hydrogens (tertiary/aromatic N) is 2. The number of nitrogens with one attached hydrogen (secondary N) is 1. The number of benzene rings is 1. The lowest BCUT2D eigenvalue weighted by atomic mass is 9.97. The number of fused-ring (bicyclic) bond motifs is 1. The number of aryl methyl sites for hydroxylation is 1. The summed E-state index contributed by atoms with van der Waals surface area (Å²) in [4.78, 5) is 42.3. The maximum Gasteiger partial charge on any atom is 0.433 e. The van der Waals surface area contributed by atoms with Crippen LogP contribution in [0.4, 0.5) is 4.79 Å². The second-order valence-corrected chi connectivity index (χ2v) is 11.1. The highest BCUT2D eigenvalue weighted by Gasteiger charge is 2.31. The fraction of sp³-hybridized carbons (Fsp3) is 0.556. The minimum atomic E-state index is -0.841. The van der Waals surface area contributed by atoms with Gasteiger partial charge in [-0.3, -0.25) is 4.79 Å². The molecule has 8 nitrogen and oxygen atoms in total. The molecule has 2 aromatic rings. The summed E-state index contributed by atoms with van der Waals surface area (Å²) in [5.74, 6) is -1.93. The molecule has 1 unspecified atom stereocenters. The Bertz CT molecular complexity index is 1090. The van der Waals surface area contributed by atoms with Crippen molar-refractivity contribution in [2.24, 2.45) is 23.9 Å². The number of carbonyl (C=O) groups excluding carboxylic acids is 3. The van der Waals surface area contributed by atoms with E-state index in [4.69, 9.17) is 9.47 Å². The van der Waals surface area contributed by atoms with Crippen LogP contribution in [0.15, 0.2) is 35.5 Å². The highest BCUT2D eigenvalue weighted by molar-refractivity contribution is 5.99. The van der Waals surface area contributed by atoms with E-state index < -0.39 is 41.1 Å². The molecule has 0 aliphatic carbocycles. The van der Waals surface area contributed by atoms with Gasteiger partial charge in [-0.1, -0.05) is 32.0 Å². The van der Waals surface area contributed by atoms with Gasteiger partial charge in [0.05, 0.1) is 5.92 Å². The van der Waals surface area contributed by atoms with Crippen molar-refractivity contribution < 1.29 is 23.9 Å². The van der Waals surface area contributed by atoms with E-state index in [2.05, 4.69) is 10.3 Å². The standard InChI is InChI=1S/C27H39N3O5/c1-17(2)22(24(32)34-26(3,4)5)29-23(31)18(15-28-25(33)35-27(6,7)8)14-19-16-30(9)21-13-11-10-12-20(19)21/h10-13,15-18,22H,14H2,1-9H3,(H,29,31)/t18?,22-/m0/s1. The zero-order chi connectivity index (χ0) is 26.6. The average molecular weight is 486 g/mol. The minimum Gasteiger partial charge on any atom is -0.458 e. The Kier molecular flexibility index (Phi) is 8.87. The van der Waals surface area contributed by atoms with Gasteiger partial charge < -0.3 is 19.4 Å². The van der Waals surface area contributed by atoms with Crippen LogP contribution in [0.1, 0.15) is 61.0 Å². The monoisotopic (exact) mass is 485 g/mol. The van der Waals surface area contributed by atoms with Gasteiger partial charge in [0.25, 0.3) is 0 Å². The smallest absolute Gasteiger partial charge is 0.433 e. The van der Waals surface area contributed by atoms with Gasteiger partial charge in [0.2, 0.25) is 5.91 Å². The average Bonchev–Trinajstić information content (AvgIpc) is 3.02. The molecule has 1 aromatic heterocycles. The molecular formula is C27H39N3O5. The summed E-state index contributed by atoms with van der Waals surface area (Å²) in [5.41, 5.74) is 0.563. The largest absolute Gasteiger partial charge is 0.458 e. The van der Waals surface area contributed by atoms with Crippen LogP contribution in [0, 0.1) is 11.8 Å². The van der Waals surface area contributed by atoms with E-state index in [0.717, 1.165) is 16.5 Å². The van der Waals surface area contributed by atoms with Crippen LogP contribution in [0.5, 0.6) is 0 Å². The predicted molar refractivity (Wildman–Crippen MR) is 137 cm³/mol. The summed E-state index contributed by atoms with van der Waals surface area (Å²) in [5, 5.41) is 3.83. The van der Waals surface area contributed by atoms with Crippen LogP contribution in [-0.2, 0) is 32.5 Å². The lowest BCUT2D eigenvalue weighted by molar-refractivity contribution is -0.160.